The number of fused-ring (bicyclic) bond motifs is 1. The van der Waals surface area contributed by atoms with Crippen LogP contribution >= 0.6 is 0 Å². The molecule has 3 heterocycles. The van der Waals surface area contributed by atoms with Gasteiger partial charge in [-0.2, -0.15) is 0 Å². The van der Waals surface area contributed by atoms with Crippen molar-refractivity contribution >= 4 is 17.0 Å². The Bertz CT molecular complexity index is 571. The predicted molar refractivity (Wildman–Crippen MR) is 80.9 cm³/mol. The van der Waals surface area contributed by atoms with Crippen LogP contribution in [0.4, 0.5) is 5.82 Å². The summed E-state index contributed by atoms with van der Waals surface area (Å²) in [4.78, 5) is 18.1. The van der Waals surface area contributed by atoms with Gasteiger partial charge in [-0.25, -0.2) is 9.97 Å². The quantitative estimate of drug-likeness (QED) is 0.853. The van der Waals surface area contributed by atoms with E-state index in [1.165, 1.54) is 25.9 Å². The van der Waals surface area contributed by atoms with E-state index in [1.54, 1.807) is 12.4 Å². The average Bonchev–Trinajstić information content (AvgIpc) is 2.73. The molecule has 1 aliphatic rings. The topological polar surface area (TPSA) is 45.2 Å². The number of rotatable bonds is 3. The summed E-state index contributed by atoms with van der Waals surface area (Å²) < 4.78 is 0. The SMILES string of the molecule is CCCN1CCCN(c2ccc3nccnc3n2)CC1. The van der Waals surface area contributed by atoms with Gasteiger partial charge in [-0.15, -0.1) is 0 Å². The first-order valence-electron chi connectivity index (χ1n) is 7.42. The van der Waals surface area contributed by atoms with E-state index in [-0.39, 0.29) is 0 Å². The molecule has 20 heavy (non-hydrogen) atoms. The van der Waals surface area contributed by atoms with E-state index in [1.807, 2.05) is 6.07 Å². The molecule has 0 saturated carbocycles. The van der Waals surface area contributed by atoms with Crippen molar-refractivity contribution in [2.45, 2.75) is 19.8 Å². The zero-order valence-corrected chi connectivity index (χ0v) is 12.0. The standard InChI is InChI=1S/C15H21N5/c1-2-8-19-9-3-10-20(12-11-19)14-5-4-13-15(18-14)17-7-6-16-13/h4-7H,2-3,8-12H2,1H3. The van der Waals surface area contributed by atoms with Crippen molar-refractivity contribution in [2.24, 2.45) is 0 Å². The molecule has 5 nitrogen and oxygen atoms in total. The summed E-state index contributed by atoms with van der Waals surface area (Å²) in [7, 11) is 0. The molecule has 0 aromatic carbocycles. The molecule has 0 amide bonds. The number of hydrogen-bond acceptors (Lipinski definition) is 5. The maximum atomic E-state index is 4.65. The minimum atomic E-state index is 0.736. The van der Waals surface area contributed by atoms with Crippen LogP contribution in [-0.4, -0.2) is 52.6 Å². The smallest absolute Gasteiger partial charge is 0.180 e. The minimum absolute atomic E-state index is 0.736. The molecule has 0 bridgehead atoms. The van der Waals surface area contributed by atoms with Crippen LogP contribution in [0.15, 0.2) is 24.5 Å². The Morgan fingerprint density at radius 1 is 1.05 bits per heavy atom. The Labute approximate surface area is 119 Å². The van der Waals surface area contributed by atoms with Crippen LogP contribution in [-0.2, 0) is 0 Å². The number of hydrogen-bond donors (Lipinski definition) is 0. The molecular formula is C15H21N5. The fourth-order valence-corrected chi connectivity index (χ4v) is 2.76. The summed E-state index contributed by atoms with van der Waals surface area (Å²) in [6.45, 7) is 7.86. The van der Waals surface area contributed by atoms with E-state index in [0.29, 0.717) is 0 Å². The normalized spacial score (nSPS) is 17.4. The Kier molecular flexibility index (Phi) is 4.06. The molecule has 3 rings (SSSR count). The molecule has 0 unspecified atom stereocenters. The summed E-state index contributed by atoms with van der Waals surface area (Å²) in [6, 6.07) is 4.08. The molecule has 0 N–H and O–H groups in total. The number of nitrogens with zero attached hydrogens (tertiary/aromatic N) is 5. The van der Waals surface area contributed by atoms with Gasteiger partial charge in [-0.3, -0.25) is 4.98 Å². The van der Waals surface area contributed by atoms with Gasteiger partial charge in [0.05, 0.1) is 0 Å². The summed E-state index contributed by atoms with van der Waals surface area (Å²) in [6.07, 6.45) is 5.83. The summed E-state index contributed by atoms with van der Waals surface area (Å²) in [5.41, 5.74) is 1.60. The molecule has 0 aliphatic carbocycles. The average molecular weight is 271 g/mol. The van der Waals surface area contributed by atoms with Crippen molar-refractivity contribution in [1.82, 2.24) is 19.9 Å². The van der Waals surface area contributed by atoms with Crippen LogP contribution in [0.3, 0.4) is 0 Å². The molecule has 0 atom stereocenters. The minimum Gasteiger partial charge on any atom is -0.355 e. The number of aromatic nitrogens is 3. The van der Waals surface area contributed by atoms with Crippen molar-refractivity contribution in [2.75, 3.05) is 37.6 Å². The highest BCUT2D eigenvalue weighted by atomic mass is 15.2. The monoisotopic (exact) mass is 271 g/mol. The number of anilines is 1. The first-order valence-corrected chi connectivity index (χ1v) is 7.42. The van der Waals surface area contributed by atoms with Crippen molar-refractivity contribution in [3.63, 3.8) is 0 Å². The van der Waals surface area contributed by atoms with E-state index in [4.69, 9.17) is 0 Å². The summed E-state index contributed by atoms with van der Waals surface area (Å²) >= 11 is 0. The molecule has 1 fully saturated rings. The second-order valence-electron chi connectivity index (χ2n) is 5.25. The molecule has 106 valence electrons. The molecule has 0 spiro atoms. The Hall–Kier alpha value is -1.75. The molecular weight excluding hydrogens is 250 g/mol. The molecule has 0 radical (unpaired) electrons. The van der Waals surface area contributed by atoms with E-state index in [9.17, 15) is 0 Å². The van der Waals surface area contributed by atoms with Gasteiger partial charge >= 0.3 is 0 Å². The van der Waals surface area contributed by atoms with Gasteiger partial charge in [-0.05, 0) is 38.1 Å². The largest absolute Gasteiger partial charge is 0.355 e. The molecule has 2 aromatic rings. The lowest BCUT2D eigenvalue weighted by Gasteiger charge is -2.22. The van der Waals surface area contributed by atoms with Crippen LogP contribution in [0, 0.1) is 0 Å². The van der Waals surface area contributed by atoms with Gasteiger partial charge in [0.25, 0.3) is 0 Å². The van der Waals surface area contributed by atoms with E-state index < -0.39 is 0 Å². The van der Waals surface area contributed by atoms with Crippen molar-refractivity contribution in [1.29, 1.82) is 0 Å². The fraction of sp³-hybridized carbons (Fsp3) is 0.533. The molecule has 1 aliphatic heterocycles. The maximum Gasteiger partial charge on any atom is 0.180 e. The highest BCUT2D eigenvalue weighted by molar-refractivity contribution is 5.71. The van der Waals surface area contributed by atoms with Gasteiger partial charge in [0, 0.05) is 32.0 Å². The van der Waals surface area contributed by atoms with Gasteiger partial charge < -0.3 is 9.80 Å². The third kappa shape index (κ3) is 2.88. The maximum absolute atomic E-state index is 4.65. The van der Waals surface area contributed by atoms with Crippen LogP contribution in [0.2, 0.25) is 0 Å². The molecule has 1 saturated heterocycles. The molecule has 2 aromatic heterocycles. The van der Waals surface area contributed by atoms with Crippen LogP contribution in [0.25, 0.3) is 11.2 Å². The van der Waals surface area contributed by atoms with E-state index >= 15 is 0 Å². The summed E-state index contributed by atoms with van der Waals surface area (Å²) in [5, 5.41) is 0. The van der Waals surface area contributed by atoms with Crippen molar-refractivity contribution in [3.8, 4) is 0 Å². The zero-order chi connectivity index (χ0) is 13.8. The molecule has 5 heteroatoms. The lowest BCUT2D eigenvalue weighted by atomic mass is 10.3. The van der Waals surface area contributed by atoms with Gasteiger partial charge in [-0.1, -0.05) is 6.92 Å². The highest BCUT2D eigenvalue weighted by Crippen LogP contribution is 2.17. The Morgan fingerprint density at radius 3 is 2.85 bits per heavy atom. The third-order valence-electron chi connectivity index (χ3n) is 3.77. The van der Waals surface area contributed by atoms with Crippen LogP contribution in [0.1, 0.15) is 19.8 Å². The second kappa shape index (κ2) is 6.13. The second-order valence-corrected chi connectivity index (χ2v) is 5.25. The first kappa shape index (κ1) is 13.2. The summed E-state index contributed by atoms with van der Waals surface area (Å²) in [5.74, 6) is 1.02. The van der Waals surface area contributed by atoms with E-state index in [0.717, 1.165) is 36.6 Å². The lowest BCUT2D eigenvalue weighted by molar-refractivity contribution is 0.294. The fourth-order valence-electron chi connectivity index (χ4n) is 2.76. The van der Waals surface area contributed by atoms with Gasteiger partial charge in [0.2, 0.25) is 0 Å². The lowest BCUT2D eigenvalue weighted by Crippen LogP contribution is -2.31. The van der Waals surface area contributed by atoms with Crippen LogP contribution < -0.4 is 4.90 Å². The van der Waals surface area contributed by atoms with Gasteiger partial charge in [0.1, 0.15) is 11.3 Å². The van der Waals surface area contributed by atoms with Crippen LogP contribution in [0.5, 0.6) is 0 Å². The predicted octanol–water partition coefficient (Wildman–Crippen LogP) is 1.95. The third-order valence-corrected chi connectivity index (χ3v) is 3.77. The van der Waals surface area contributed by atoms with Gasteiger partial charge in [0.15, 0.2) is 5.65 Å². The Morgan fingerprint density at radius 2 is 1.95 bits per heavy atom. The highest BCUT2D eigenvalue weighted by Gasteiger charge is 2.15. The Balaban J connectivity index is 1.77. The van der Waals surface area contributed by atoms with Crippen molar-refractivity contribution < 1.29 is 0 Å². The zero-order valence-electron chi connectivity index (χ0n) is 12.0. The van der Waals surface area contributed by atoms with Crippen molar-refractivity contribution in [3.05, 3.63) is 24.5 Å². The van der Waals surface area contributed by atoms with E-state index in [2.05, 4.69) is 37.7 Å². The number of pyridine rings is 1. The first-order chi connectivity index (χ1) is 9.86.